The smallest absolute Gasteiger partial charge is 0.214 e. The van der Waals surface area contributed by atoms with Crippen molar-refractivity contribution in [1.29, 1.82) is 0 Å². The monoisotopic (exact) mass is 337 g/mol. The predicted octanol–water partition coefficient (Wildman–Crippen LogP) is 4.41. The second kappa shape index (κ2) is 7.47. The molecule has 0 saturated carbocycles. The first-order valence-electron chi connectivity index (χ1n) is 8.73. The average molecular weight is 337 g/mol. The van der Waals surface area contributed by atoms with Gasteiger partial charge >= 0.3 is 0 Å². The minimum absolute atomic E-state index is 0.125. The fourth-order valence-corrected chi connectivity index (χ4v) is 3.35. The molecular weight excluding hydrogens is 314 g/mol. The number of nitrogens with zero attached hydrogens (tertiary/aromatic N) is 3. The Bertz CT molecular complexity index is 801. The number of para-hydroxylation sites is 1. The molecule has 2 aromatic rings. The van der Waals surface area contributed by atoms with E-state index >= 15 is 0 Å². The molecule has 5 heteroatoms. The first kappa shape index (κ1) is 17.1. The number of nitro groups is 1. The molecule has 0 spiro atoms. The lowest BCUT2D eigenvalue weighted by Gasteiger charge is -2.33. The van der Waals surface area contributed by atoms with E-state index in [1.54, 1.807) is 0 Å². The highest BCUT2D eigenvalue weighted by molar-refractivity contribution is 5.79. The molecular formula is C20H23N3O2. The minimum Gasteiger partial charge on any atom is -0.347 e. The molecule has 1 aliphatic heterocycles. The van der Waals surface area contributed by atoms with Crippen LogP contribution < -0.4 is 4.90 Å². The summed E-state index contributed by atoms with van der Waals surface area (Å²) in [5.74, 6) is -0.279. The Morgan fingerprint density at radius 2 is 2.00 bits per heavy atom. The SMILES string of the molecule is CCCCN1C=C(c2cccc(C)n2)C(C[N+](=O)[O-])c2ccccc21. The molecule has 2 heterocycles. The Balaban J connectivity index is 2.11. The molecule has 1 aliphatic rings. The maximum atomic E-state index is 11.3. The lowest BCUT2D eigenvalue weighted by atomic mass is 9.85. The van der Waals surface area contributed by atoms with Crippen LogP contribution >= 0.6 is 0 Å². The predicted molar refractivity (Wildman–Crippen MR) is 100 cm³/mol. The van der Waals surface area contributed by atoms with Crippen molar-refractivity contribution >= 4 is 11.3 Å². The molecule has 0 amide bonds. The van der Waals surface area contributed by atoms with E-state index in [0.717, 1.165) is 47.6 Å². The second-order valence-electron chi connectivity index (χ2n) is 6.42. The number of hydrogen-bond donors (Lipinski definition) is 0. The lowest BCUT2D eigenvalue weighted by Crippen LogP contribution is -2.28. The van der Waals surface area contributed by atoms with Gasteiger partial charge in [-0.15, -0.1) is 0 Å². The topological polar surface area (TPSA) is 59.3 Å². The zero-order valence-electron chi connectivity index (χ0n) is 14.7. The van der Waals surface area contributed by atoms with Crippen molar-refractivity contribution in [3.8, 4) is 0 Å². The highest BCUT2D eigenvalue weighted by Gasteiger charge is 2.32. The van der Waals surface area contributed by atoms with Crippen molar-refractivity contribution in [2.45, 2.75) is 32.6 Å². The summed E-state index contributed by atoms with van der Waals surface area (Å²) in [4.78, 5) is 17.9. The molecule has 0 N–H and O–H groups in total. The number of rotatable bonds is 6. The summed E-state index contributed by atoms with van der Waals surface area (Å²) in [7, 11) is 0. The Morgan fingerprint density at radius 1 is 1.20 bits per heavy atom. The van der Waals surface area contributed by atoms with Gasteiger partial charge in [0.15, 0.2) is 0 Å². The molecule has 1 unspecified atom stereocenters. The summed E-state index contributed by atoms with van der Waals surface area (Å²) < 4.78 is 0. The Morgan fingerprint density at radius 3 is 2.72 bits per heavy atom. The zero-order valence-corrected chi connectivity index (χ0v) is 14.7. The van der Waals surface area contributed by atoms with Crippen LogP contribution in [0, 0.1) is 17.0 Å². The van der Waals surface area contributed by atoms with Gasteiger partial charge in [0, 0.05) is 34.6 Å². The number of benzene rings is 1. The van der Waals surface area contributed by atoms with Gasteiger partial charge < -0.3 is 4.90 Å². The van der Waals surface area contributed by atoms with E-state index in [1.165, 1.54) is 0 Å². The van der Waals surface area contributed by atoms with Gasteiger partial charge in [0.1, 0.15) is 0 Å². The second-order valence-corrected chi connectivity index (χ2v) is 6.42. The molecule has 5 nitrogen and oxygen atoms in total. The largest absolute Gasteiger partial charge is 0.347 e. The van der Waals surface area contributed by atoms with Crippen LogP contribution in [-0.2, 0) is 0 Å². The summed E-state index contributed by atoms with van der Waals surface area (Å²) in [6.45, 7) is 4.88. The molecule has 1 aromatic carbocycles. The van der Waals surface area contributed by atoms with E-state index in [1.807, 2.05) is 43.3 Å². The van der Waals surface area contributed by atoms with Crippen molar-refractivity contribution in [1.82, 2.24) is 4.98 Å². The minimum atomic E-state index is -0.279. The lowest BCUT2D eigenvalue weighted by molar-refractivity contribution is -0.481. The van der Waals surface area contributed by atoms with Gasteiger partial charge in [0.25, 0.3) is 0 Å². The van der Waals surface area contributed by atoms with Gasteiger partial charge in [-0.1, -0.05) is 37.6 Å². The highest BCUT2D eigenvalue weighted by Crippen LogP contribution is 2.41. The molecule has 1 aromatic heterocycles. The summed E-state index contributed by atoms with van der Waals surface area (Å²) in [6, 6.07) is 13.8. The summed E-state index contributed by atoms with van der Waals surface area (Å²) >= 11 is 0. The third-order valence-electron chi connectivity index (χ3n) is 4.56. The fraction of sp³-hybridized carbons (Fsp3) is 0.350. The number of fused-ring (bicyclic) bond motifs is 1. The van der Waals surface area contributed by atoms with E-state index < -0.39 is 0 Å². The van der Waals surface area contributed by atoms with Crippen molar-refractivity contribution < 1.29 is 4.92 Å². The number of aryl methyl sites for hydroxylation is 1. The van der Waals surface area contributed by atoms with E-state index in [2.05, 4.69) is 29.1 Å². The van der Waals surface area contributed by atoms with E-state index in [9.17, 15) is 10.1 Å². The molecule has 0 fully saturated rings. The molecule has 25 heavy (non-hydrogen) atoms. The number of pyridine rings is 1. The van der Waals surface area contributed by atoms with Crippen LogP contribution in [0.15, 0.2) is 48.7 Å². The van der Waals surface area contributed by atoms with Crippen LogP contribution in [0.5, 0.6) is 0 Å². The average Bonchev–Trinajstić information content (AvgIpc) is 2.60. The van der Waals surface area contributed by atoms with Gasteiger partial charge in [0.05, 0.1) is 11.6 Å². The van der Waals surface area contributed by atoms with Crippen molar-refractivity contribution in [3.63, 3.8) is 0 Å². The maximum absolute atomic E-state index is 11.3. The molecule has 0 aliphatic carbocycles. The van der Waals surface area contributed by atoms with Gasteiger partial charge in [-0.3, -0.25) is 15.1 Å². The normalized spacial score (nSPS) is 16.3. The van der Waals surface area contributed by atoms with Crippen molar-refractivity contribution in [3.05, 3.63) is 75.7 Å². The fourth-order valence-electron chi connectivity index (χ4n) is 3.35. The number of aromatic nitrogens is 1. The third-order valence-corrected chi connectivity index (χ3v) is 4.56. The Hall–Kier alpha value is -2.69. The quantitative estimate of drug-likeness (QED) is 0.578. The molecule has 3 rings (SSSR count). The van der Waals surface area contributed by atoms with Crippen LogP contribution in [0.25, 0.3) is 5.57 Å². The van der Waals surface area contributed by atoms with Gasteiger partial charge in [-0.2, -0.15) is 0 Å². The number of anilines is 1. The number of hydrogen-bond acceptors (Lipinski definition) is 4. The van der Waals surface area contributed by atoms with E-state index in [4.69, 9.17) is 0 Å². The summed E-state index contributed by atoms with van der Waals surface area (Å²) in [5.41, 5.74) is 4.74. The Labute approximate surface area is 148 Å². The zero-order chi connectivity index (χ0) is 17.8. The van der Waals surface area contributed by atoms with Crippen LogP contribution in [0.4, 0.5) is 5.69 Å². The first-order valence-corrected chi connectivity index (χ1v) is 8.73. The Kier molecular flexibility index (Phi) is 5.12. The third kappa shape index (κ3) is 3.71. The van der Waals surface area contributed by atoms with E-state index in [0.29, 0.717) is 0 Å². The maximum Gasteiger partial charge on any atom is 0.214 e. The standard InChI is InChI=1S/C20H23N3O2/c1-3-4-12-22-13-18(19-10-7-8-15(2)21-19)17(14-23(24)25)16-9-5-6-11-20(16)22/h5-11,13,17H,3-4,12,14H2,1-2H3. The van der Waals surface area contributed by atoms with E-state index in [-0.39, 0.29) is 17.4 Å². The van der Waals surface area contributed by atoms with Crippen LogP contribution in [0.3, 0.4) is 0 Å². The van der Waals surface area contributed by atoms with Gasteiger partial charge in [-0.05, 0) is 37.1 Å². The summed E-state index contributed by atoms with van der Waals surface area (Å²) in [6.07, 6.45) is 4.23. The highest BCUT2D eigenvalue weighted by atomic mass is 16.6. The molecule has 130 valence electrons. The van der Waals surface area contributed by atoms with Gasteiger partial charge in [-0.25, -0.2) is 0 Å². The van der Waals surface area contributed by atoms with Crippen LogP contribution in [0.1, 0.15) is 42.6 Å². The molecule has 1 atom stereocenters. The number of unbranched alkanes of at least 4 members (excludes halogenated alkanes) is 1. The van der Waals surface area contributed by atoms with Crippen molar-refractivity contribution in [2.75, 3.05) is 18.0 Å². The van der Waals surface area contributed by atoms with Crippen LogP contribution in [-0.4, -0.2) is 23.0 Å². The van der Waals surface area contributed by atoms with Crippen LogP contribution in [0.2, 0.25) is 0 Å². The van der Waals surface area contributed by atoms with Crippen molar-refractivity contribution in [2.24, 2.45) is 0 Å². The summed E-state index contributed by atoms with van der Waals surface area (Å²) in [5, 5.41) is 11.3. The molecule has 0 radical (unpaired) electrons. The first-order chi connectivity index (χ1) is 12.1. The molecule has 0 bridgehead atoms. The van der Waals surface area contributed by atoms with Gasteiger partial charge in [0.2, 0.25) is 6.54 Å². The molecule has 0 saturated heterocycles.